The molecule has 0 spiro atoms. The molecule has 0 unspecified atom stereocenters. The van der Waals surface area contributed by atoms with Crippen LogP contribution in [0, 0.1) is 0 Å². The monoisotopic (exact) mass is 205 g/mol. The molecule has 0 saturated carbocycles. The van der Waals surface area contributed by atoms with E-state index >= 15 is 0 Å². The number of amides is 1. The van der Waals surface area contributed by atoms with Crippen LogP contribution >= 0.6 is 0 Å². The molecular weight excluding hydrogens is 193 g/mol. The van der Waals surface area contributed by atoms with E-state index in [4.69, 9.17) is 0 Å². The predicted octanol–water partition coefficient (Wildman–Crippen LogP) is 1.97. The third-order valence-electron chi connectivity index (χ3n) is 2.43. The molecule has 1 aliphatic heterocycles. The van der Waals surface area contributed by atoms with Crippen molar-refractivity contribution < 1.29 is 9.18 Å². The highest BCUT2D eigenvalue weighted by atomic mass is 19.1. The minimum Gasteiger partial charge on any atom is -0.346 e. The third kappa shape index (κ3) is 2.43. The van der Waals surface area contributed by atoms with Gasteiger partial charge in [-0.15, -0.1) is 0 Å². The molecule has 0 aliphatic carbocycles. The van der Waals surface area contributed by atoms with Crippen molar-refractivity contribution in [1.82, 2.24) is 5.32 Å². The van der Waals surface area contributed by atoms with E-state index in [1.807, 2.05) is 30.3 Å². The van der Waals surface area contributed by atoms with Crippen molar-refractivity contribution in [3.05, 3.63) is 47.8 Å². The van der Waals surface area contributed by atoms with Gasteiger partial charge in [-0.3, -0.25) is 4.79 Å². The van der Waals surface area contributed by atoms with E-state index in [1.54, 1.807) is 0 Å². The first-order valence-electron chi connectivity index (χ1n) is 4.94. The molecule has 1 N–H and O–H groups in total. The Morgan fingerprint density at radius 3 is 2.80 bits per heavy atom. The van der Waals surface area contributed by atoms with Crippen LogP contribution in [0.2, 0.25) is 0 Å². The topological polar surface area (TPSA) is 29.1 Å². The Morgan fingerprint density at radius 1 is 1.33 bits per heavy atom. The summed E-state index contributed by atoms with van der Waals surface area (Å²) in [6.45, 7) is 0. The molecule has 1 amide bonds. The van der Waals surface area contributed by atoms with Crippen LogP contribution in [0.3, 0.4) is 0 Å². The summed E-state index contributed by atoms with van der Waals surface area (Å²) in [6, 6.07) is 9.08. The van der Waals surface area contributed by atoms with E-state index in [-0.39, 0.29) is 18.2 Å². The van der Waals surface area contributed by atoms with Crippen LogP contribution in [0.4, 0.5) is 4.39 Å². The maximum absolute atomic E-state index is 13.4. The van der Waals surface area contributed by atoms with Crippen LogP contribution in [0.5, 0.6) is 0 Å². The van der Waals surface area contributed by atoms with Gasteiger partial charge in [0, 0.05) is 6.42 Å². The molecule has 0 saturated heterocycles. The lowest BCUT2D eigenvalue weighted by molar-refractivity contribution is -0.121. The molecule has 0 radical (unpaired) electrons. The molecule has 1 heterocycles. The fourth-order valence-corrected chi connectivity index (χ4v) is 1.65. The highest BCUT2D eigenvalue weighted by Gasteiger charge is 2.21. The van der Waals surface area contributed by atoms with Gasteiger partial charge in [-0.2, -0.15) is 0 Å². The first kappa shape index (κ1) is 9.90. The van der Waals surface area contributed by atoms with Crippen molar-refractivity contribution in [2.75, 3.05) is 0 Å². The molecule has 78 valence electrons. The zero-order valence-electron chi connectivity index (χ0n) is 8.24. The van der Waals surface area contributed by atoms with Crippen LogP contribution in [0.1, 0.15) is 12.0 Å². The van der Waals surface area contributed by atoms with E-state index in [0.29, 0.717) is 6.42 Å². The molecule has 2 rings (SSSR count). The summed E-state index contributed by atoms with van der Waals surface area (Å²) in [5, 5.41) is 2.63. The maximum atomic E-state index is 13.4. The van der Waals surface area contributed by atoms with E-state index in [9.17, 15) is 9.18 Å². The molecule has 0 fully saturated rings. The molecule has 15 heavy (non-hydrogen) atoms. The average molecular weight is 205 g/mol. The van der Waals surface area contributed by atoms with Gasteiger partial charge >= 0.3 is 0 Å². The highest BCUT2D eigenvalue weighted by Crippen LogP contribution is 2.15. The van der Waals surface area contributed by atoms with E-state index in [0.717, 1.165) is 5.56 Å². The number of rotatable bonds is 2. The van der Waals surface area contributed by atoms with Gasteiger partial charge in [0.15, 0.2) is 0 Å². The van der Waals surface area contributed by atoms with E-state index < -0.39 is 6.04 Å². The second kappa shape index (κ2) is 4.26. The molecule has 1 aromatic carbocycles. The summed E-state index contributed by atoms with van der Waals surface area (Å²) in [5.41, 5.74) is 1.02. The predicted molar refractivity (Wildman–Crippen MR) is 55.9 cm³/mol. The number of nitrogens with one attached hydrogen (secondary N) is 1. The van der Waals surface area contributed by atoms with Crippen LogP contribution < -0.4 is 5.32 Å². The summed E-state index contributed by atoms with van der Waals surface area (Å²) < 4.78 is 13.4. The van der Waals surface area contributed by atoms with Crippen molar-refractivity contribution >= 4 is 5.91 Å². The third-order valence-corrected chi connectivity index (χ3v) is 2.43. The zero-order chi connectivity index (χ0) is 10.7. The molecule has 1 aromatic rings. The Morgan fingerprint density at radius 2 is 2.07 bits per heavy atom. The lowest BCUT2D eigenvalue weighted by Crippen LogP contribution is -2.39. The summed E-state index contributed by atoms with van der Waals surface area (Å²) >= 11 is 0. The second-order valence-electron chi connectivity index (χ2n) is 3.60. The van der Waals surface area contributed by atoms with Gasteiger partial charge < -0.3 is 5.32 Å². The fourth-order valence-electron chi connectivity index (χ4n) is 1.65. The molecule has 0 bridgehead atoms. The van der Waals surface area contributed by atoms with Crippen molar-refractivity contribution in [2.24, 2.45) is 0 Å². The Hall–Kier alpha value is -1.64. The van der Waals surface area contributed by atoms with Crippen molar-refractivity contribution in [3.8, 4) is 0 Å². The Labute approximate surface area is 87.8 Å². The van der Waals surface area contributed by atoms with Gasteiger partial charge in [-0.25, -0.2) is 4.39 Å². The first-order valence-corrected chi connectivity index (χ1v) is 4.94. The minimum atomic E-state index is -0.492. The molecule has 2 nitrogen and oxygen atoms in total. The summed E-state index contributed by atoms with van der Waals surface area (Å²) in [5.74, 6) is -0.351. The normalized spacial score (nSPS) is 20.7. The van der Waals surface area contributed by atoms with Crippen LogP contribution in [0.25, 0.3) is 0 Å². The SMILES string of the molecule is O=C1CC=C(F)[C@H](Cc2ccccc2)N1. The second-order valence-corrected chi connectivity index (χ2v) is 3.60. The standard InChI is InChI=1S/C12H12FNO/c13-10-6-7-12(15)14-11(10)8-9-4-2-1-3-5-9/h1-6,11H,7-8H2,(H,14,15)/t11-/m0/s1. The van der Waals surface area contributed by atoms with Gasteiger partial charge in [0.1, 0.15) is 5.83 Å². The molecular formula is C12H12FNO. The quantitative estimate of drug-likeness (QED) is 0.785. The van der Waals surface area contributed by atoms with Gasteiger partial charge in [-0.05, 0) is 18.1 Å². The summed E-state index contributed by atoms with van der Waals surface area (Å²) in [6.07, 6.45) is 2.01. The molecule has 3 heteroatoms. The van der Waals surface area contributed by atoms with Crippen molar-refractivity contribution in [3.63, 3.8) is 0 Å². The Bertz CT molecular complexity index is 386. The van der Waals surface area contributed by atoms with Crippen molar-refractivity contribution in [2.45, 2.75) is 18.9 Å². The molecule has 1 aliphatic rings. The van der Waals surface area contributed by atoms with Crippen molar-refractivity contribution in [1.29, 1.82) is 0 Å². The van der Waals surface area contributed by atoms with Crippen LogP contribution in [-0.2, 0) is 11.2 Å². The minimum absolute atomic E-state index is 0.114. The lowest BCUT2D eigenvalue weighted by Gasteiger charge is -2.20. The van der Waals surface area contributed by atoms with Crippen LogP contribution in [-0.4, -0.2) is 11.9 Å². The Kier molecular flexibility index (Phi) is 2.81. The average Bonchev–Trinajstić information content (AvgIpc) is 2.25. The molecule has 0 aromatic heterocycles. The fraction of sp³-hybridized carbons (Fsp3) is 0.250. The first-order chi connectivity index (χ1) is 7.25. The van der Waals surface area contributed by atoms with E-state index in [1.165, 1.54) is 6.08 Å². The smallest absolute Gasteiger partial charge is 0.224 e. The zero-order valence-corrected chi connectivity index (χ0v) is 8.24. The number of carbonyl (C=O) groups excluding carboxylic acids is 1. The number of hydrogen-bond donors (Lipinski definition) is 1. The van der Waals surface area contributed by atoms with Gasteiger partial charge in [-0.1, -0.05) is 30.3 Å². The van der Waals surface area contributed by atoms with Gasteiger partial charge in [0.25, 0.3) is 0 Å². The van der Waals surface area contributed by atoms with Gasteiger partial charge in [0.2, 0.25) is 5.91 Å². The number of benzene rings is 1. The highest BCUT2D eigenvalue weighted by molar-refractivity contribution is 5.79. The summed E-state index contributed by atoms with van der Waals surface area (Å²) in [7, 11) is 0. The number of hydrogen-bond acceptors (Lipinski definition) is 1. The lowest BCUT2D eigenvalue weighted by atomic mass is 10.0. The maximum Gasteiger partial charge on any atom is 0.224 e. The molecule has 1 atom stereocenters. The summed E-state index contributed by atoms with van der Waals surface area (Å²) in [4.78, 5) is 11.1. The number of carbonyl (C=O) groups is 1. The number of halogens is 1. The van der Waals surface area contributed by atoms with Crippen LogP contribution in [0.15, 0.2) is 42.2 Å². The Balaban J connectivity index is 2.09. The van der Waals surface area contributed by atoms with Gasteiger partial charge in [0.05, 0.1) is 6.04 Å². The van der Waals surface area contributed by atoms with E-state index in [2.05, 4.69) is 5.32 Å². The largest absolute Gasteiger partial charge is 0.346 e.